The van der Waals surface area contributed by atoms with Gasteiger partial charge in [-0.05, 0) is 38.0 Å². The first-order valence-corrected chi connectivity index (χ1v) is 12.0. The van der Waals surface area contributed by atoms with E-state index >= 15 is 0 Å². The van der Waals surface area contributed by atoms with Gasteiger partial charge in [-0.3, -0.25) is 19.7 Å². The Morgan fingerprint density at radius 2 is 1.53 bits per heavy atom. The zero-order valence-electron chi connectivity index (χ0n) is 20.6. The molecule has 3 aromatic rings. The lowest BCUT2D eigenvalue weighted by Crippen LogP contribution is -2.54. The number of hydrogen-bond donors (Lipinski definition) is 1. The van der Waals surface area contributed by atoms with Gasteiger partial charge in [-0.15, -0.1) is 0 Å². The van der Waals surface area contributed by atoms with Crippen LogP contribution in [0.25, 0.3) is 0 Å². The lowest BCUT2D eigenvalue weighted by molar-refractivity contribution is -0.385. The molecular formula is C28H30ClN3O4. The second kappa shape index (κ2) is 11.8. The minimum absolute atomic E-state index is 0.0776. The van der Waals surface area contributed by atoms with E-state index in [0.29, 0.717) is 10.6 Å². The average Bonchev–Trinajstić information content (AvgIpc) is 2.82. The van der Waals surface area contributed by atoms with Crippen LogP contribution >= 0.6 is 11.6 Å². The number of halogens is 1. The molecule has 0 spiro atoms. The first-order chi connectivity index (χ1) is 17.0. The Morgan fingerprint density at radius 3 is 2.14 bits per heavy atom. The molecule has 188 valence electrons. The Morgan fingerprint density at radius 1 is 0.944 bits per heavy atom. The summed E-state index contributed by atoms with van der Waals surface area (Å²) in [5.41, 5.74) is 1.18. The number of nitrogens with zero attached hydrogens (tertiary/aromatic N) is 2. The Kier molecular flexibility index (Phi) is 8.83. The second-order valence-electron chi connectivity index (χ2n) is 9.62. The van der Waals surface area contributed by atoms with Gasteiger partial charge in [-0.2, -0.15) is 0 Å². The van der Waals surface area contributed by atoms with E-state index in [1.807, 2.05) is 57.2 Å². The van der Waals surface area contributed by atoms with Crippen molar-refractivity contribution in [2.24, 2.45) is 0 Å². The van der Waals surface area contributed by atoms with Crippen LogP contribution in [0.4, 0.5) is 5.69 Å². The number of carbonyl (C=O) groups excluding carboxylic acids is 2. The number of rotatable bonds is 9. The standard InChI is InChI=1S/C28H30ClN3O4/c1-28(2,3)30-27(34)25(17-20-11-5-4-6-12-20)31(19-22-14-7-9-15-23(22)29)26(33)18-21-13-8-10-16-24(21)32(35)36/h4-16,25H,17-19H2,1-3H3,(H,30,34). The number of benzene rings is 3. The molecule has 1 atom stereocenters. The summed E-state index contributed by atoms with van der Waals surface area (Å²) in [5, 5.41) is 15.0. The molecule has 8 heteroatoms. The second-order valence-corrected chi connectivity index (χ2v) is 10.0. The van der Waals surface area contributed by atoms with E-state index in [1.54, 1.807) is 36.4 Å². The molecule has 0 aliphatic heterocycles. The molecule has 0 aromatic heterocycles. The highest BCUT2D eigenvalue weighted by atomic mass is 35.5. The lowest BCUT2D eigenvalue weighted by Gasteiger charge is -2.34. The maximum absolute atomic E-state index is 13.8. The van der Waals surface area contributed by atoms with E-state index in [1.165, 1.54) is 11.0 Å². The van der Waals surface area contributed by atoms with Gasteiger partial charge >= 0.3 is 0 Å². The van der Waals surface area contributed by atoms with Crippen molar-refractivity contribution >= 4 is 29.1 Å². The van der Waals surface area contributed by atoms with Crippen molar-refractivity contribution in [3.8, 4) is 0 Å². The van der Waals surface area contributed by atoms with Crippen LogP contribution < -0.4 is 5.32 Å². The highest BCUT2D eigenvalue weighted by molar-refractivity contribution is 6.31. The molecule has 1 unspecified atom stereocenters. The predicted molar refractivity (Wildman–Crippen MR) is 141 cm³/mol. The third-order valence-electron chi connectivity index (χ3n) is 5.60. The number of para-hydroxylation sites is 1. The Bertz CT molecular complexity index is 1220. The van der Waals surface area contributed by atoms with Crippen LogP contribution in [-0.2, 0) is 29.0 Å². The molecule has 0 bridgehead atoms. The van der Waals surface area contributed by atoms with Gasteiger partial charge in [-0.1, -0.05) is 78.3 Å². The van der Waals surface area contributed by atoms with Crippen LogP contribution in [0, 0.1) is 10.1 Å². The SMILES string of the molecule is CC(C)(C)NC(=O)C(Cc1ccccc1)N(Cc1ccccc1Cl)C(=O)Cc1ccccc1[N+](=O)[O-]. The van der Waals surface area contributed by atoms with Gasteiger partial charge in [0.25, 0.3) is 5.69 Å². The minimum Gasteiger partial charge on any atom is -0.350 e. The molecule has 0 radical (unpaired) electrons. The fourth-order valence-corrected chi connectivity index (χ4v) is 4.12. The van der Waals surface area contributed by atoms with E-state index in [0.717, 1.165) is 5.56 Å². The van der Waals surface area contributed by atoms with Crippen molar-refractivity contribution in [3.63, 3.8) is 0 Å². The van der Waals surface area contributed by atoms with Crippen LogP contribution in [0.15, 0.2) is 78.9 Å². The maximum Gasteiger partial charge on any atom is 0.273 e. The van der Waals surface area contributed by atoms with Crippen molar-refractivity contribution < 1.29 is 14.5 Å². The summed E-state index contributed by atoms with van der Waals surface area (Å²) >= 11 is 6.42. The highest BCUT2D eigenvalue weighted by Gasteiger charge is 2.33. The number of amides is 2. The minimum atomic E-state index is -0.863. The topological polar surface area (TPSA) is 92.6 Å². The first-order valence-electron chi connectivity index (χ1n) is 11.7. The van der Waals surface area contributed by atoms with Crippen molar-refractivity contribution in [1.82, 2.24) is 10.2 Å². The largest absolute Gasteiger partial charge is 0.350 e. The molecule has 7 nitrogen and oxygen atoms in total. The molecule has 0 aliphatic rings. The van der Waals surface area contributed by atoms with Crippen LogP contribution in [0.2, 0.25) is 5.02 Å². The fraction of sp³-hybridized carbons (Fsp3) is 0.286. The highest BCUT2D eigenvalue weighted by Crippen LogP contribution is 2.24. The predicted octanol–water partition coefficient (Wildman–Crippen LogP) is 5.35. The summed E-state index contributed by atoms with van der Waals surface area (Å²) in [4.78, 5) is 39.9. The van der Waals surface area contributed by atoms with Gasteiger partial charge in [0.1, 0.15) is 6.04 Å². The van der Waals surface area contributed by atoms with Crippen molar-refractivity contribution in [3.05, 3.63) is 111 Å². The number of nitrogens with one attached hydrogen (secondary N) is 1. The Hall–Kier alpha value is -3.71. The van der Waals surface area contributed by atoms with E-state index in [2.05, 4.69) is 5.32 Å². The zero-order chi connectivity index (χ0) is 26.3. The zero-order valence-corrected chi connectivity index (χ0v) is 21.4. The molecule has 0 saturated carbocycles. The molecule has 0 fully saturated rings. The Labute approximate surface area is 216 Å². The summed E-state index contributed by atoms with van der Waals surface area (Å²) in [5.74, 6) is -0.719. The van der Waals surface area contributed by atoms with Gasteiger partial charge < -0.3 is 10.2 Å². The van der Waals surface area contributed by atoms with E-state index in [4.69, 9.17) is 11.6 Å². The van der Waals surface area contributed by atoms with Crippen LogP contribution in [-0.4, -0.2) is 33.2 Å². The summed E-state index contributed by atoms with van der Waals surface area (Å²) in [7, 11) is 0. The number of hydrogen-bond acceptors (Lipinski definition) is 4. The smallest absolute Gasteiger partial charge is 0.273 e. The fourth-order valence-electron chi connectivity index (χ4n) is 3.92. The van der Waals surface area contributed by atoms with Gasteiger partial charge in [0.05, 0.1) is 11.3 Å². The van der Waals surface area contributed by atoms with Gasteiger partial charge in [-0.25, -0.2) is 0 Å². The van der Waals surface area contributed by atoms with Crippen LogP contribution in [0.1, 0.15) is 37.5 Å². The van der Waals surface area contributed by atoms with E-state index < -0.39 is 22.4 Å². The molecule has 1 N–H and O–H groups in total. The third kappa shape index (κ3) is 7.39. The Balaban J connectivity index is 2.05. The van der Waals surface area contributed by atoms with Crippen molar-refractivity contribution in [2.75, 3.05) is 0 Å². The number of nitro benzene ring substituents is 1. The quantitative estimate of drug-likeness (QED) is 0.312. The van der Waals surface area contributed by atoms with E-state index in [-0.39, 0.29) is 36.5 Å². The molecular weight excluding hydrogens is 478 g/mol. The monoisotopic (exact) mass is 507 g/mol. The summed E-state index contributed by atoms with van der Waals surface area (Å²) in [6.45, 7) is 5.70. The van der Waals surface area contributed by atoms with Crippen LogP contribution in [0.5, 0.6) is 0 Å². The number of carbonyl (C=O) groups is 2. The number of nitro groups is 1. The lowest BCUT2D eigenvalue weighted by atomic mass is 9.99. The van der Waals surface area contributed by atoms with E-state index in [9.17, 15) is 19.7 Å². The van der Waals surface area contributed by atoms with Crippen LogP contribution in [0.3, 0.4) is 0 Å². The van der Waals surface area contributed by atoms with Gasteiger partial charge in [0.15, 0.2) is 0 Å². The average molecular weight is 508 g/mol. The molecule has 36 heavy (non-hydrogen) atoms. The molecule has 0 heterocycles. The normalized spacial score (nSPS) is 12.0. The van der Waals surface area contributed by atoms with Crippen molar-refractivity contribution in [2.45, 2.75) is 51.7 Å². The van der Waals surface area contributed by atoms with Gasteiger partial charge in [0.2, 0.25) is 11.8 Å². The molecule has 0 saturated heterocycles. The van der Waals surface area contributed by atoms with Gasteiger partial charge in [0, 0.05) is 35.2 Å². The summed E-state index contributed by atoms with van der Waals surface area (Å²) < 4.78 is 0. The molecule has 3 rings (SSSR count). The molecule has 2 amide bonds. The van der Waals surface area contributed by atoms with Crippen molar-refractivity contribution in [1.29, 1.82) is 0 Å². The third-order valence-corrected chi connectivity index (χ3v) is 5.97. The first kappa shape index (κ1) is 26.9. The maximum atomic E-state index is 13.8. The molecule has 0 aliphatic carbocycles. The summed E-state index contributed by atoms with van der Waals surface area (Å²) in [6, 6.07) is 21.8. The summed E-state index contributed by atoms with van der Waals surface area (Å²) in [6.07, 6.45) is 0.0471. The molecule has 3 aromatic carbocycles.